The summed E-state index contributed by atoms with van der Waals surface area (Å²) < 4.78 is 11.3. The van der Waals surface area contributed by atoms with Crippen molar-refractivity contribution in [1.82, 2.24) is 9.80 Å². The first kappa shape index (κ1) is 18.3. The number of hydrogen-bond donors (Lipinski definition) is 1. The standard InChI is InChI=1S/C19H24N2O5/c1-19(2)11-15(14-10-13(25-3)4-5-16(14)26-19)18(24)21-8-6-20(7-9-21)12-17(22)23/h4-5,10-11H,6-9,12H2,1-3H3,(H,22,23). The first-order valence-corrected chi connectivity index (χ1v) is 8.63. The van der Waals surface area contributed by atoms with Crippen LogP contribution in [0, 0.1) is 0 Å². The molecule has 0 unspecified atom stereocenters. The summed E-state index contributed by atoms with van der Waals surface area (Å²) in [4.78, 5) is 27.6. The summed E-state index contributed by atoms with van der Waals surface area (Å²) in [5.41, 5.74) is 0.737. The highest BCUT2D eigenvalue weighted by atomic mass is 16.5. The summed E-state index contributed by atoms with van der Waals surface area (Å²) in [5, 5.41) is 8.90. The number of amides is 1. The molecule has 140 valence electrons. The fourth-order valence-corrected chi connectivity index (χ4v) is 3.32. The smallest absolute Gasteiger partial charge is 0.317 e. The first-order chi connectivity index (χ1) is 12.3. The number of piperazine rings is 1. The van der Waals surface area contributed by atoms with E-state index >= 15 is 0 Å². The zero-order valence-electron chi connectivity index (χ0n) is 15.3. The van der Waals surface area contributed by atoms with Gasteiger partial charge >= 0.3 is 5.97 Å². The van der Waals surface area contributed by atoms with Gasteiger partial charge < -0.3 is 19.5 Å². The average Bonchev–Trinajstić information content (AvgIpc) is 2.59. The largest absolute Gasteiger partial charge is 0.497 e. The van der Waals surface area contributed by atoms with E-state index in [1.807, 2.05) is 43.0 Å². The molecular weight excluding hydrogens is 336 g/mol. The molecule has 7 nitrogen and oxygen atoms in total. The van der Waals surface area contributed by atoms with E-state index in [4.69, 9.17) is 14.6 Å². The van der Waals surface area contributed by atoms with Crippen molar-refractivity contribution in [3.63, 3.8) is 0 Å². The summed E-state index contributed by atoms with van der Waals surface area (Å²) in [6.07, 6.45) is 1.85. The second-order valence-electron chi connectivity index (χ2n) is 7.09. The molecular formula is C19H24N2O5. The molecule has 3 rings (SSSR count). The number of rotatable bonds is 4. The van der Waals surface area contributed by atoms with Gasteiger partial charge in [0.1, 0.15) is 17.1 Å². The van der Waals surface area contributed by atoms with Crippen molar-refractivity contribution in [2.24, 2.45) is 0 Å². The van der Waals surface area contributed by atoms with Gasteiger partial charge in [0.05, 0.1) is 19.2 Å². The molecule has 0 saturated carbocycles. The zero-order valence-corrected chi connectivity index (χ0v) is 15.3. The molecule has 1 aromatic carbocycles. The van der Waals surface area contributed by atoms with E-state index in [0.29, 0.717) is 43.3 Å². The molecule has 1 fully saturated rings. The maximum absolute atomic E-state index is 13.2. The number of carbonyl (C=O) groups is 2. The van der Waals surface area contributed by atoms with Gasteiger partial charge in [-0.2, -0.15) is 0 Å². The summed E-state index contributed by atoms with van der Waals surface area (Å²) in [5.74, 6) is 0.411. The van der Waals surface area contributed by atoms with E-state index in [1.165, 1.54) is 0 Å². The molecule has 1 aromatic rings. The van der Waals surface area contributed by atoms with Gasteiger partial charge in [0.25, 0.3) is 5.91 Å². The number of carboxylic acids is 1. The van der Waals surface area contributed by atoms with Crippen LogP contribution in [0.5, 0.6) is 11.5 Å². The molecule has 2 aliphatic rings. The van der Waals surface area contributed by atoms with Gasteiger partial charge in [-0.3, -0.25) is 14.5 Å². The van der Waals surface area contributed by atoms with Crippen LogP contribution in [-0.2, 0) is 9.59 Å². The monoisotopic (exact) mass is 360 g/mol. The van der Waals surface area contributed by atoms with Crippen molar-refractivity contribution in [2.75, 3.05) is 39.8 Å². The average molecular weight is 360 g/mol. The third kappa shape index (κ3) is 3.83. The number of fused-ring (bicyclic) bond motifs is 1. The molecule has 1 N–H and O–H groups in total. The fourth-order valence-electron chi connectivity index (χ4n) is 3.32. The van der Waals surface area contributed by atoms with Crippen LogP contribution in [0.3, 0.4) is 0 Å². The number of aliphatic carboxylic acids is 1. The van der Waals surface area contributed by atoms with Crippen LogP contribution in [0.2, 0.25) is 0 Å². The summed E-state index contributed by atoms with van der Waals surface area (Å²) >= 11 is 0. The van der Waals surface area contributed by atoms with Crippen LogP contribution in [0.1, 0.15) is 19.4 Å². The van der Waals surface area contributed by atoms with Crippen molar-refractivity contribution in [3.8, 4) is 11.5 Å². The van der Waals surface area contributed by atoms with Crippen LogP contribution in [-0.4, -0.2) is 72.2 Å². The molecule has 26 heavy (non-hydrogen) atoms. The maximum Gasteiger partial charge on any atom is 0.317 e. The van der Waals surface area contributed by atoms with E-state index in [2.05, 4.69) is 0 Å². The third-order valence-electron chi connectivity index (χ3n) is 4.59. The second-order valence-corrected chi connectivity index (χ2v) is 7.09. The van der Waals surface area contributed by atoms with Crippen LogP contribution in [0.25, 0.3) is 5.57 Å². The number of hydrogen-bond acceptors (Lipinski definition) is 5. The van der Waals surface area contributed by atoms with Crippen molar-refractivity contribution < 1.29 is 24.2 Å². The van der Waals surface area contributed by atoms with Crippen molar-refractivity contribution >= 4 is 17.4 Å². The normalized spacial score (nSPS) is 19.2. The Hall–Kier alpha value is -2.54. The van der Waals surface area contributed by atoms with Crippen LogP contribution in [0.4, 0.5) is 0 Å². The van der Waals surface area contributed by atoms with Gasteiger partial charge in [0.2, 0.25) is 0 Å². The van der Waals surface area contributed by atoms with Gasteiger partial charge in [0.15, 0.2) is 0 Å². The topological polar surface area (TPSA) is 79.3 Å². The van der Waals surface area contributed by atoms with E-state index in [9.17, 15) is 9.59 Å². The fraction of sp³-hybridized carbons (Fsp3) is 0.474. The van der Waals surface area contributed by atoms with Gasteiger partial charge in [-0.1, -0.05) is 0 Å². The van der Waals surface area contributed by atoms with Gasteiger partial charge in [-0.05, 0) is 38.1 Å². The van der Waals surface area contributed by atoms with Gasteiger partial charge in [-0.25, -0.2) is 0 Å². The van der Waals surface area contributed by atoms with E-state index < -0.39 is 11.6 Å². The molecule has 0 spiro atoms. The van der Waals surface area contributed by atoms with Crippen molar-refractivity contribution in [3.05, 3.63) is 29.8 Å². The van der Waals surface area contributed by atoms with Crippen molar-refractivity contribution in [1.29, 1.82) is 0 Å². The highest BCUT2D eigenvalue weighted by molar-refractivity contribution is 6.20. The molecule has 0 atom stereocenters. The molecule has 1 saturated heterocycles. The lowest BCUT2D eigenvalue weighted by Crippen LogP contribution is -2.50. The Bertz CT molecular complexity index is 748. The number of carboxylic acid groups (broad SMARTS) is 1. The molecule has 7 heteroatoms. The third-order valence-corrected chi connectivity index (χ3v) is 4.59. The Kier molecular flexibility index (Phi) is 4.91. The zero-order chi connectivity index (χ0) is 18.9. The lowest BCUT2D eigenvalue weighted by Gasteiger charge is -2.36. The molecule has 0 radical (unpaired) electrons. The summed E-state index contributed by atoms with van der Waals surface area (Å²) in [6, 6.07) is 5.45. The lowest BCUT2D eigenvalue weighted by molar-refractivity contribution is -0.139. The SMILES string of the molecule is COc1ccc2c(c1)C(C(=O)N1CCN(CC(=O)O)CC1)=CC(C)(C)O2. The van der Waals surface area contributed by atoms with Gasteiger partial charge in [-0.15, -0.1) is 0 Å². The van der Waals surface area contributed by atoms with E-state index in [1.54, 1.807) is 12.0 Å². The quantitative estimate of drug-likeness (QED) is 0.876. The molecule has 2 heterocycles. The van der Waals surface area contributed by atoms with Crippen LogP contribution in [0.15, 0.2) is 24.3 Å². The van der Waals surface area contributed by atoms with Crippen LogP contribution >= 0.6 is 0 Å². The highest BCUT2D eigenvalue weighted by Crippen LogP contribution is 2.39. The molecule has 2 aliphatic heterocycles. The Balaban J connectivity index is 1.82. The van der Waals surface area contributed by atoms with E-state index in [0.717, 1.165) is 5.56 Å². The Morgan fingerprint density at radius 1 is 1.23 bits per heavy atom. The minimum Gasteiger partial charge on any atom is -0.497 e. The molecule has 0 bridgehead atoms. The van der Waals surface area contributed by atoms with E-state index in [-0.39, 0.29) is 12.5 Å². The Morgan fingerprint density at radius 2 is 1.92 bits per heavy atom. The highest BCUT2D eigenvalue weighted by Gasteiger charge is 2.33. The van der Waals surface area contributed by atoms with Crippen LogP contribution < -0.4 is 9.47 Å². The second kappa shape index (κ2) is 6.99. The predicted molar refractivity (Wildman–Crippen MR) is 96.3 cm³/mol. The predicted octanol–water partition coefficient (Wildman–Crippen LogP) is 1.48. The molecule has 0 aromatic heterocycles. The summed E-state index contributed by atoms with van der Waals surface area (Å²) in [7, 11) is 1.59. The number of ether oxygens (including phenoxy) is 2. The first-order valence-electron chi connectivity index (χ1n) is 8.63. The molecule has 0 aliphatic carbocycles. The molecule has 1 amide bonds. The summed E-state index contributed by atoms with van der Waals surface area (Å²) in [6.45, 7) is 5.95. The number of methoxy groups -OCH3 is 1. The van der Waals surface area contributed by atoms with Crippen molar-refractivity contribution in [2.45, 2.75) is 19.4 Å². The number of nitrogens with zero attached hydrogens (tertiary/aromatic N) is 2. The number of benzene rings is 1. The lowest BCUT2D eigenvalue weighted by atomic mass is 9.93. The Morgan fingerprint density at radius 3 is 2.54 bits per heavy atom. The minimum atomic E-state index is -0.848. The minimum absolute atomic E-state index is 0.00559. The maximum atomic E-state index is 13.2. The Labute approximate surface area is 152 Å². The van der Waals surface area contributed by atoms with Gasteiger partial charge in [0, 0.05) is 31.7 Å². The number of carbonyl (C=O) groups excluding carboxylic acids is 1.